The van der Waals surface area contributed by atoms with Gasteiger partial charge in [0.25, 0.3) is 0 Å². The van der Waals surface area contributed by atoms with Crippen molar-refractivity contribution < 1.29 is 4.79 Å². The first-order valence-corrected chi connectivity index (χ1v) is 6.44. The van der Waals surface area contributed by atoms with E-state index in [1.54, 1.807) is 17.4 Å². The van der Waals surface area contributed by atoms with Gasteiger partial charge < -0.3 is 0 Å². The molecule has 0 unspecified atom stereocenters. The minimum atomic E-state index is 0.0229. The van der Waals surface area contributed by atoms with E-state index in [-0.39, 0.29) is 5.78 Å². The van der Waals surface area contributed by atoms with Gasteiger partial charge in [-0.25, -0.2) is 0 Å². The summed E-state index contributed by atoms with van der Waals surface area (Å²) < 4.78 is 0.919. The number of halogens is 1. The first-order valence-electron chi connectivity index (χ1n) is 4.77. The summed E-state index contributed by atoms with van der Waals surface area (Å²) in [6.07, 6.45) is 3.45. The molecule has 0 atom stereocenters. The highest BCUT2D eigenvalue weighted by atomic mass is 79.9. The average Bonchev–Trinajstić information content (AvgIpc) is 2.78. The van der Waals surface area contributed by atoms with Crippen LogP contribution in [-0.4, -0.2) is 5.78 Å². The second-order valence-electron chi connectivity index (χ2n) is 3.22. The fourth-order valence-corrected chi connectivity index (χ4v) is 2.30. The van der Waals surface area contributed by atoms with Crippen molar-refractivity contribution in [2.45, 2.75) is 0 Å². The Labute approximate surface area is 107 Å². The maximum Gasteiger partial charge on any atom is 0.185 e. The molecule has 0 saturated heterocycles. The third-order valence-corrected chi connectivity index (χ3v) is 3.38. The minimum absolute atomic E-state index is 0.0229. The van der Waals surface area contributed by atoms with Gasteiger partial charge in [-0.15, -0.1) is 11.3 Å². The van der Waals surface area contributed by atoms with Crippen LogP contribution < -0.4 is 0 Å². The van der Waals surface area contributed by atoms with Crippen molar-refractivity contribution in [2.75, 3.05) is 0 Å². The Bertz CT molecular complexity index is 514. The average molecular weight is 293 g/mol. The van der Waals surface area contributed by atoms with Crippen LogP contribution in [0.5, 0.6) is 0 Å². The van der Waals surface area contributed by atoms with Gasteiger partial charge in [-0.2, -0.15) is 0 Å². The summed E-state index contributed by atoms with van der Waals surface area (Å²) in [5, 5.41) is 1.99. The molecule has 3 heteroatoms. The van der Waals surface area contributed by atoms with E-state index >= 15 is 0 Å². The van der Waals surface area contributed by atoms with Crippen LogP contribution in [-0.2, 0) is 0 Å². The molecule has 0 aliphatic carbocycles. The van der Waals surface area contributed by atoms with Gasteiger partial charge in [-0.3, -0.25) is 4.79 Å². The highest BCUT2D eigenvalue weighted by molar-refractivity contribution is 9.10. The molecule has 0 aliphatic heterocycles. The van der Waals surface area contributed by atoms with E-state index in [1.807, 2.05) is 47.9 Å². The number of ketones is 1. The summed E-state index contributed by atoms with van der Waals surface area (Å²) in [6, 6.07) is 11.3. The van der Waals surface area contributed by atoms with E-state index in [4.69, 9.17) is 0 Å². The van der Waals surface area contributed by atoms with Gasteiger partial charge in [0.1, 0.15) is 0 Å². The van der Waals surface area contributed by atoms with Crippen molar-refractivity contribution >= 4 is 39.1 Å². The van der Waals surface area contributed by atoms with E-state index in [1.165, 1.54) is 0 Å². The molecule has 0 fully saturated rings. The summed E-state index contributed by atoms with van der Waals surface area (Å²) in [6.45, 7) is 0. The molecule has 2 rings (SSSR count). The van der Waals surface area contributed by atoms with Crippen LogP contribution in [0.1, 0.15) is 15.2 Å². The van der Waals surface area contributed by atoms with Gasteiger partial charge in [0, 0.05) is 14.9 Å². The lowest BCUT2D eigenvalue weighted by Gasteiger charge is -1.95. The molecule has 0 radical (unpaired) electrons. The van der Waals surface area contributed by atoms with Gasteiger partial charge in [-0.1, -0.05) is 34.1 Å². The molecular formula is C13H9BrOS. The van der Waals surface area contributed by atoms with Crippen LogP contribution in [0.15, 0.2) is 52.3 Å². The van der Waals surface area contributed by atoms with Crippen molar-refractivity contribution in [3.05, 3.63) is 62.8 Å². The maximum atomic E-state index is 11.8. The fraction of sp³-hybridized carbons (Fsp3) is 0. The van der Waals surface area contributed by atoms with E-state index in [0.29, 0.717) is 5.56 Å². The van der Waals surface area contributed by atoms with E-state index in [9.17, 15) is 4.79 Å². The first-order chi connectivity index (χ1) is 7.75. The van der Waals surface area contributed by atoms with Crippen LogP contribution in [0.25, 0.3) is 6.08 Å². The highest BCUT2D eigenvalue weighted by Gasteiger charge is 2.01. The van der Waals surface area contributed by atoms with E-state index in [0.717, 1.165) is 9.35 Å². The maximum absolute atomic E-state index is 11.8. The molecule has 0 spiro atoms. The van der Waals surface area contributed by atoms with E-state index < -0.39 is 0 Å². The second kappa shape index (κ2) is 5.23. The topological polar surface area (TPSA) is 17.1 Å². The molecule has 1 aromatic carbocycles. The minimum Gasteiger partial charge on any atom is -0.289 e. The molecule has 0 bridgehead atoms. The summed E-state index contributed by atoms with van der Waals surface area (Å²) in [7, 11) is 0. The predicted octanol–water partition coefficient (Wildman–Crippen LogP) is 4.41. The highest BCUT2D eigenvalue weighted by Crippen LogP contribution is 2.14. The van der Waals surface area contributed by atoms with Crippen LogP contribution in [0.4, 0.5) is 0 Å². The largest absolute Gasteiger partial charge is 0.289 e. The molecule has 0 saturated carbocycles. The van der Waals surface area contributed by atoms with Gasteiger partial charge in [0.2, 0.25) is 0 Å². The zero-order valence-electron chi connectivity index (χ0n) is 8.39. The fourth-order valence-electron chi connectivity index (χ4n) is 1.28. The number of carbonyl (C=O) groups is 1. The number of rotatable bonds is 3. The van der Waals surface area contributed by atoms with Crippen LogP contribution >= 0.6 is 27.3 Å². The van der Waals surface area contributed by atoms with Gasteiger partial charge in [-0.05, 0) is 35.7 Å². The van der Waals surface area contributed by atoms with Gasteiger partial charge >= 0.3 is 0 Å². The number of benzene rings is 1. The third kappa shape index (κ3) is 2.90. The SMILES string of the molecule is O=C(C=Cc1cccs1)c1cccc(Br)c1. The molecule has 1 nitrogen and oxygen atoms in total. The third-order valence-electron chi connectivity index (χ3n) is 2.05. The summed E-state index contributed by atoms with van der Waals surface area (Å²) >= 11 is 4.96. The Balaban J connectivity index is 2.15. The number of carbonyl (C=O) groups excluding carboxylic acids is 1. The lowest BCUT2D eigenvalue weighted by Crippen LogP contribution is -1.92. The van der Waals surface area contributed by atoms with Crippen molar-refractivity contribution in [3.63, 3.8) is 0 Å². The van der Waals surface area contributed by atoms with Crippen molar-refractivity contribution in [1.29, 1.82) is 0 Å². The molecule has 1 aromatic heterocycles. The molecule has 2 aromatic rings. The smallest absolute Gasteiger partial charge is 0.185 e. The number of thiophene rings is 1. The van der Waals surface area contributed by atoms with Crippen molar-refractivity contribution in [3.8, 4) is 0 Å². The summed E-state index contributed by atoms with van der Waals surface area (Å²) in [4.78, 5) is 12.9. The Morgan fingerprint density at radius 1 is 1.25 bits per heavy atom. The number of hydrogen-bond donors (Lipinski definition) is 0. The Morgan fingerprint density at radius 2 is 2.12 bits per heavy atom. The molecule has 16 heavy (non-hydrogen) atoms. The van der Waals surface area contributed by atoms with Gasteiger partial charge in [0.05, 0.1) is 0 Å². The Kier molecular flexibility index (Phi) is 3.70. The van der Waals surface area contributed by atoms with Crippen molar-refractivity contribution in [1.82, 2.24) is 0 Å². The van der Waals surface area contributed by atoms with Crippen LogP contribution in [0.3, 0.4) is 0 Å². The lowest BCUT2D eigenvalue weighted by atomic mass is 10.1. The normalized spacial score (nSPS) is 10.8. The Morgan fingerprint density at radius 3 is 2.81 bits per heavy atom. The zero-order valence-corrected chi connectivity index (χ0v) is 10.8. The molecule has 0 aliphatic rings. The lowest BCUT2D eigenvalue weighted by molar-refractivity contribution is 0.104. The number of allylic oxidation sites excluding steroid dienone is 1. The van der Waals surface area contributed by atoms with Crippen molar-refractivity contribution in [2.24, 2.45) is 0 Å². The molecular weight excluding hydrogens is 284 g/mol. The number of hydrogen-bond acceptors (Lipinski definition) is 2. The first kappa shape index (κ1) is 11.3. The van der Waals surface area contributed by atoms with Crippen LogP contribution in [0, 0.1) is 0 Å². The monoisotopic (exact) mass is 292 g/mol. The standard InChI is InChI=1S/C13H9BrOS/c14-11-4-1-3-10(9-11)13(15)7-6-12-5-2-8-16-12/h1-9H. The van der Waals surface area contributed by atoms with Gasteiger partial charge in [0.15, 0.2) is 5.78 Å². The molecule has 0 N–H and O–H groups in total. The Hall–Kier alpha value is -1.19. The quantitative estimate of drug-likeness (QED) is 0.605. The molecule has 1 heterocycles. The summed E-state index contributed by atoms with van der Waals surface area (Å²) in [5.74, 6) is 0.0229. The van der Waals surface area contributed by atoms with Crippen LogP contribution in [0.2, 0.25) is 0 Å². The molecule has 80 valence electrons. The van der Waals surface area contributed by atoms with E-state index in [2.05, 4.69) is 15.9 Å². The second-order valence-corrected chi connectivity index (χ2v) is 5.12. The summed E-state index contributed by atoms with van der Waals surface area (Å²) in [5.41, 5.74) is 0.696. The molecule has 0 amide bonds. The predicted molar refractivity (Wildman–Crippen MR) is 71.8 cm³/mol. The zero-order chi connectivity index (χ0) is 11.4.